The van der Waals surface area contributed by atoms with Crippen molar-refractivity contribution in [1.29, 1.82) is 0 Å². The van der Waals surface area contributed by atoms with Crippen molar-refractivity contribution in [3.8, 4) is 0 Å². The van der Waals surface area contributed by atoms with Gasteiger partial charge in [0.05, 0.1) is 6.54 Å². The van der Waals surface area contributed by atoms with Gasteiger partial charge in [-0.1, -0.05) is 112 Å². The van der Waals surface area contributed by atoms with Gasteiger partial charge in [0.1, 0.15) is 6.04 Å². The first-order chi connectivity index (χ1) is 18.7. The molecular formula is C32H47N3O4. The SMILES string of the molecule is CC(C)C.CCC1=CCCC=C1.NC(=O)C(Cc1ccccc1)NC(=O)CNCCc1ccccc1.O=CO. The summed E-state index contributed by atoms with van der Waals surface area (Å²) in [5.41, 5.74) is 9.06. The quantitative estimate of drug-likeness (QED) is 0.249. The first-order valence-corrected chi connectivity index (χ1v) is 13.5. The average Bonchev–Trinajstić information content (AvgIpc) is 2.93. The van der Waals surface area contributed by atoms with Crippen LogP contribution in [0.4, 0.5) is 0 Å². The Kier molecular flexibility index (Phi) is 21.2. The minimum atomic E-state index is -0.698. The monoisotopic (exact) mass is 537 g/mol. The van der Waals surface area contributed by atoms with E-state index >= 15 is 0 Å². The maximum Gasteiger partial charge on any atom is 0.290 e. The maximum atomic E-state index is 12.0. The smallest absolute Gasteiger partial charge is 0.290 e. The summed E-state index contributed by atoms with van der Waals surface area (Å²) in [4.78, 5) is 31.9. The molecule has 1 aliphatic carbocycles. The fourth-order valence-corrected chi connectivity index (χ4v) is 3.33. The molecule has 7 nitrogen and oxygen atoms in total. The van der Waals surface area contributed by atoms with Gasteiger partial charge < -0.3 is 21.5 Å². The van der Waals surface area contributed by atoms with Crippen LogP contribution in [0.5, 0.6) is 0 Å². The van der Waals surface area contributed by atoms with Crippen LogP contribution in [0.15, 0.2) is 84.5 Å². The third-order valence-corrected chi connectivity index (χ3v) is 5.16. The zero-order chi connectivity index (χ0) is 29.3. The lowest BCUT2D eigenvalue weighted by molar-refractivity contribution is -0.126. The molecule has 1 atom stereocenters. The second kappa shape index (κ2) is 23.4. The molecular weight excluding hydrogens is 490 g/mol. The highest BCUT2D eigenvalue weighted by Gasteiger charge is 2.18. The number of benzene rings is 2. The molecule has 2 amide bonds. The summed E-state index contributed by atoms with van der Waals surface area (Å²) in [7, 11) is 0. The predicted octanol–water partition coefficient (Wildman–Crippen LogP) is 5.07. The van der Waals surface area contributed by atoms with E-state index in [1.54, 1.807) is 0 Å². The minimum Gasteiger partial charge on any atom is -0.483 e. The van der Waals surface area contributed by atoms with Gasteiger partial charge in [0.15, 0.2) is 0 Å². The highest BCUT2D eigenvalue weighted by atomic mass is 16.3. The van der Waals surface area contributed by atoms with Gasteiger partial charge in [0.2, 0.25) is 11.8 Å². The van der Waals surface area contributed by atoms with Crippen LogP contribution in [0.2, 0.25) is 0 Å². The van der Waals surface area contributed by atoms with Crippen molar-refractivity contribution in [2.24, 2.45) is 11.7 Å². The van der Waals surface area contributed by atoms with Crippen molar-refractivity contribution in [3.63, 3.8) is 0 Å². The number of allylic oxidation sites excluding steroid dienone is 4. The number of amides is 2. The lowest BCUT2D eigenvalue weighted by atomic mass is 10.1. The molecule has 0 aliphatic heterocycles. The third-order valence-electron chi connectivity index (χ3n) is 5.16. The Morgan fingerprint density at radius 1 is 0.974 bits per heavy atom. The Labute approximate surface area is 234 Å². The highest BCUT2D eigenvalue weighted by Crippen LogP contribution is 2.11. The minimum absolute atomic E-state index is 0.158. The summed E-state index contributed by atoms with van der Waals surface area (Å²) in [6.07, 6.45) is 11.7. The summed E-state index contributed by atoms with van der Waals surface area (Å²) >= 11 is 0. The van der Waals surface area contributed by atoms with Crippen LogP contribution in [0.3, 0.4) is 0 Å². The molecule has 0 heterocycles. The van der Waals surface area contributed by atoms with Crippen molar-refractivity contribution < 1.29 is 19.5 Å². The van der Waals surface area contributed by atoms with Gasteiger partial charge in [-0.25, -0.2) is 0 Å². The van der Waals surface area contributed by atoms with Crippen molar-refractivity contribution in [2.75, 3.05) is 13.1 Å². The molecule has 3 rings (SSSR count). The third kappa shape index (κ3) is 21.0. The fraction of sp³-hybridized carbons (Fsp3) is 0.406. The van der Waals surface area contributed by atoms with Crippen LogP contribution in [-0.2, 0) is 27.2 Å². The Morgan fingerprint density at radius 3 is 1.95 bits per heavy atom. The fourth-order valence-electron chi connectivity index (χ4n) is 3.33. The molecule has 7 heteroatoms. The molecule has 5 N–H and O–H groups in total. The second-order valence-corrected chi connectivity index (χ2v) is 9.57. The first-order valence-electron chi connectivity index (χ1n) is 13.5. The van der Waals surface area contributed by atoms with Crippen LogP contribution >= 0.6 is 0 Å². The molecule has 1 unspecified atom stereocenters. The Balaban J connectivity index is 0.000000785. The van der Waals surface area contributed by atoms with Crippen LogP contribution < -0.4 is 16.4 Å². The molecule has 2 aromatic carbocycles. The summed E-state index contributed by atoms with van der Waals surface area (Å²) < 4.78 is 0. The molecule has 0 spiro atoms. The molecule has 0 radical (unpaired) electrons. The average molecular weight is 538 g/mol. The number of rotatable bonds is 10. The van der Waals surface area contributed by atoms with Gasteiger partial charge in [-0.2, -0.15) is 0 Å². The van der Waals surface area contributed by atoms with Crippen molar-refractivity contribution in [2.45, 2.75) is 65.8 Å². The topological polar surface area (TPSA) is 122 Å². The lowest BCUT2D eigenvalue weighted by Crippen LogP contribution is -2.48. The maximum absolute atomic E-state index is 12.0. The van der Waals surface area contributed by atoms with E-state index in [0.29, 0.717) is 13.0 Å². The number of nitrogens with two attached hydrogens (primary N) is 1. The summed E-state index contributed by atoms with van der Waals surface area (Å²) in [6.45, 7) is 9.30. The van der Waals surface area contributed by atoms with Crippen molar-refractivity contribution in [1.82, 2.24) is 10.6 Å². The molecule has 0 saturated heterocycles. The number of hydrogen-bond acceptors (Lipinski definition) is 4. The van der Waals surface area contributed by atoms with E-state index in [1.165, 1.54) is 30.4 Å². The first kappa shape index (κ1) is 35.3. The predicted molar refractivity (Wildman–Crippen MR) is 160 cm³/mol. The van der Waals surface area contributed by atoms with E-state index in [0.717, 1.165) is 17.9 Å². The normalized spacial score (nSPS) is 12.2. The number of carboxylic acid groups (broad SMARTS) is 1. The van der Waals surface area contributed by atoms with Crippen molar-refractivity contribution in [3.05, 3.63) is 95.6 Å². The van der Waals surface area contributed by atoms with Gasteiger partial charge in [0, 0.05) is 6.42 Å². The molecule has 2 aromatic rings. The molecule has 1 aliphatic rings. The van der Waals surface area contributed by atoms with E-state index in [2.05, 4.69) is 56.6 Å². The summed E-state index contributed by atoms with van der Waals surface area (Å²) in [5.74, 6) is 0.0688. The molecule has 39 heavy (non-hydrogen) atoms. The van der Waals surface area contributed by atoms with Gasteiger partial charge in [-0.3, -0.25) is 14.4 Å². The van der Waals surface area contributed by atoms with Crippen LogP contribution in [0.1, 0.15) is 58.1 Å². The second-order valence-electron chi connectivity index (χ2n) is 9.57. The molecule has 0 saturated carbocycles. The Morgan fingerprint density at radius 2 is 1.51 bits per heavy atom. The van der Waals surface area contributed by atoms with E-state index in [1.807, 2.05) is 60.7 Å². The summed E-state index contributed by atoms with van der Waals surface area (Å²) in [5, 5.41) is 12.7. The van der Waals surface area contributed by atoms with Crippen LogP contribution in [0.25, 0.3) is 0 Å². The van der Waals surface area contributed by atoms with E-state index in [-0.39, 0.29) is 18.9 Å². The standard InChI is InChI=1S/C19H23N3O2.C8H12.C4H10.CH2O2/c20-19(24)17(13-16-9-5-2-6-10-16)22-18(23)14-21-12-11-15-7-3-1-4-8-15;1-2-8-6-4-3-5-7-8;1-4(2)3;2-1-3/h1-10,17,21H,11-14H2,(H2,20,24)(H,22,23);4,6-7H,2-3,5H2,1H3;4H,1-3H3;1H,(H,2,3). The van der Waals surface area contributed by atoms with Gasteiger partial charge in [-0.05, 0) is 49.3 Å². The number of primary amides is 1. The molecule has 0 bridgehead atoms. The van der Waals surface area contributed by atoms with Crippen LogP contribution in [-0.4, -0.2) is 42.5 Å². The number of nitrogens with one attached hydrogen (secondary N) is 2. The summed E-state index contributed by atoms with van der Waals surface area (Å²) in [6, 6.07) is 18.8. The molecule has 0 aromatic heterocycles. The highest BCUT2D eigenvalue weighted by molar-refractivity contribution is 5.87. The molecule has 214 valence electrons. The number of hydrogen-bond donors (Lipinski definition) is 4. The number of carbonyl (C=O) groups excluding carboxylic acids is 2. The largest absolute Gasteiger partial charge is 0.483 e. The van der Waals surface area contributed by atoms with Gasteiger partial charge >= 0.3 is 0 Å². The lowest BCUT2D eigenvalue weighted by Gasteiger charge is -2.16. The van der Waals surface area contributed by atoms with Crippen LogP contribution in [0, 0.1) is 5.92 Å². The van der Waals surface area contributed by atoms with E-state index in [9.17, 15) is 9.59 Å². The Bertz CT molecular complexity index is 971. The zero-order valence-electron chi connectivity index (χ0n) is 23.9. The van der Waals surface area contributed by atoms with Gasteiger partial charge in [0.25, 0.3) is 6.47 Å². The zero-order valence-corrected chi connectivity index (χ0v) is 23.9. The number of carbonyl (C=O) groups is 3. The van der Waals surface area contributed by atoms with Crippen molar-refractivity contribution >= 4 is 18.3 Å². The van der Waals surface area contributed by atoms with E-state index < -0.39 is 11.9 Å². The van der Waals surface area contributed by atoms with Gasteiger partial charge in [-0.15, -0.1) is 0 Å². The van der Waals surface area contributed by atoms with E-state index in [4.69, 9.17) is 15.6 Å². The molecule has 0 fully saturated rings. The Hall–Kier alpha value is -3.71.